The molecule has 0 radical (unpaired) electrons. The molecule has 8 N–H and O–H groups in total. The molecular formula is C49H57N7O10S. The summed E-state index contributed by atoms with van der Waals surface area (Å²) in [6, 6.07) is 27.2. The number of nitrogens with zero attached hydrogens (tertiary/aromatic N) is 1. The van der Waals surface area contributed by atoms with Gasteiger partial charge >= 0.3 is 0 Å². The van der Waals surface area contributed by atoms with Crippen molar-refractivity contribution >= 4 is 45.6 Å². The molecule has 1 fully saturated rings. The maximum atomic E-state index is 14.9. The van der Waals surface area contributed by atoms with Crippen molar-refractivity contribution in [2.45, 2.75) is 62.0 Å². The summed E-state index contributed by atoms with van der Waals surface area (Å²) in [5, 5.41) is 14.2. The molecule has 0 aromatic heterocycles. The van der Waals surface area contributed by atoms with E-state index in [0.29, 0.717) is 54.8 Å². The van der Waals surface area contributed by atoms with Crippen LogP contribution in [-0.2, 0) is 69.4 Å². The van der Waals surface area contributed by atoms with Gasteiger partial charge in [0, 0.05) is 57.8 Å². The number of nitrogens with one attached hydrogen (secondary N) is 5. The van der Waals surface area contributed by atoms with E-state index in [9.17, 15) is 41.7 Å². The highest BCUT2D eigenvalue weighted by Gasteiger charge is 2.44. The number of benzene rings is 4. The first-order chi connectivity index (χ1) is 32.2. The van der Waals surface area contributed by atoms with E-state index in [2.05, 4.69) is 26.6 Å². The van der Waals surface area contributed by atoms with Gasteiger partial charge in [0.1, 0.15) is 12.1 Å². The van der Waals surface area contributed by atoms with E-state index in [4.69, 9.17) is 10.5 Å². The zero-order chi connectivity index (χ0) is 47.8. The number of carbonyl (C=O) groups excluding carboxylic acids is 6. The molecule has 1 saturated heterocycles. The van der Waals surface area contributed by atoms with Gasteiger partial charge in [0.25, 0.3) is 10.1 Å². The monoisotopic (exact) mass is 935 g/mol. The van der Waals surface area contributed by atoms with Crippen LogP contribution in [0.15, 0.2) is 120 Å². The predicted molar refractivity (Wildman–Crippen MR) is 249 cm³/mol. The summed E-state index contributed by atoms with van der Waals surface area (Å²) in [6.07, 6.45) is 3.34. The Labute approximate surface area is 390 Å². The highest BCUT2D eigenvalue weighted by atomic mass is 32.2. The third-order valence-corrected chi connectivity index (χ3v) is 12.6. The van der Waals surface area contributed by atoms with Gasteiger partial charge in [-0.15, -0.1) is 0 Å². The van der Waals surface area contributed by atoms with Crippen molar-refractivity contribution in [1.29, 1.82) is 0 Å². The third kappa shape index (κ3) is 14.4. The maximum Gasteiger partial charge on any atom is 0.294 e. The summed E-state index contributed by atoms with van der Waals surface area (Å²) in [6.45, 7) is 1.34. The number of fused-ring (bicyclic) bond motifs is 3. The fourth-order valence-corrected chi connectivity index (χ4v) is 8.71. The molecule has 0 saturated carbocycles. The van der Waals surface area contributed by atoms with E-state index in [1.165, 1.54) is 17.0 Å². The van der Waals surface area contributed by atoms with Crippen LogP contribution in [0.2, 0.25) is 0 Å². The van der Waals surface area contributed by atoms with Crippen LogP contribution in [0, 0.1) is 5.41 Å². The topological polar surface area (TPSA) is 255 Å². The van der Waals surface area contributed by atoms with Crippen LogP contribution in [0.4, 0.5) is 0 Å². The summed E-state index contributed by atoms with van der Waals surface area (Å²) in [5.41, 5.74) is 8.51. The van der Waals surface area contributed by atoms with Gasteiger partial charge in [0.05, 0.1) is 29.9 Å². The molecule has 6 rings (SSSR count). The van der Waals surface area contributed by atoms with Gasteiger partial charge in [0.15, 0.2) is 0 Å². The van der Waals surface area contributed by atoms with E-state index in [1.807, 2.05) is 30.3 Å². The molecule has 2 aliphatic rings. The number of rotatable bonds is 12. The molecule has 2 bridgehead atoms. The van der Waals surface area contributed by atoms with Crippen LogP contribution < -0.4 is 32.3 Å². The van der Waals surface area contributed by atoms with Crippen molar-refractivity contribution in [3.8, 4) is 11.1 Å². The van der Waals surface area contributed by atoms with Gasteiger partial charge in [-0.25, -0.2) is 0 Å². The Hall–Kier alpha value is -6.73. The standard InChI is InChI=1S/C49H57N7O10S/c50-23-27-66-28-25-52-46(60)41-21-24-51-43(57)19-20-45(59)56-26-6-22-49(33-56,31-35-7-2-1-3-8-35)48(62)55-42(47(61)53-32-39-10-5-4-9-38(39)30-44(58)54-41)29-34-11-13-36(14-12-34)37-15-17-40(18-16-37)67(63,64)65/h1-5,7-20,41-42H,6,21-33,50H2,(H,51,57)(H,52,60)(H,53,61)(H,54,58)(H,55,62)(H,63,64,65)/b20-19+/t41-,42-,49-/m0/s1. The third-order valence-electron chi connectivity index (χ3n) is 11.7. The van der Waals surface area contributed by atoms with Crippen LogP contribution in [-0.4, -0.2) is 111 Å². The van der Waals surface area contributed by atoms with E-state index < -0.39 is 63.1 Å². The lowest BCUT2D eigenvalue weighted by atomic mass is 9.74. The van der Waals surface area contributed by atoms with Crippen LogP contribution in [0.5, 0.6) is 0 Å². The summed E-state index contributed by atoms with van der Waals surface area (Å²) in [5.74, 6) is -2.96. The second kappa shape index (κ2) is 23.6. The molecule has 0 aliphatic carbocycles. The van der Waals surface area contributed by atoms with Gasteiger partial charge in [-0.2, -0.15) is 8.42 Å². The zero-order valence-electron chi connectivity index (χ0n) is 37.1. The van der Waals surface area contributed by atoms with Gasteiger partial charge < -0.3 is 42.0 Å². The quantitative estimate of drug-likeness (QED) is 0.0799. The van der Waals surface area contributed by atoms with Gasteiger partial charge in [0.2, 0.25) is 35.4 Å². The first-order valence-electron chi connectivity index (χ1n) is 22.2. The normalized spacial score (nSPS) is 20.7. The van der Waals surface area contributed by atoms with Crippen molar-refractivity contribution < 1.29 is 46.5 Å². The molecule has 2 aliphatic heterocycles. The number of amides is 6. The molecule has 18 heteroatoms. The fraction of sp³-hybridized carbons (Fsp3) is 0.347. The van der Waals surface area contributed by atoms with Crippen molar-refractivity contribution in [2.75, 3.05) is 45.9 Å². The van der Waals surface area contributed by atoms with Crippen molar-refractivity contribution in [3.63, 3.8) is 0 Å². The summed E-state index contributed by atoms with van der Waals surface area (Å²) in [7, 11) is -4.37. The van der Waals surface area contributed by atoms with Gasteiger partial charge in [-0.1, -0.05) is 91.0 Å². The van der Waals surface area contributed by atoms with Crippen LogP contribution >= 0.6 is 0 Å². The number of nitrogens with two attached hydrogens (primary N) is 1. The van der Waals surface area contributed by atoms with E-state index in [0.717, 1.165) is 23.3 Å². The summed E-state index contributed by atoms with van der Waals surface area (Å²) in [4.78, 5) is 84.2. The van der Waals surface area contributed by atoms with Crippen molar-refractivity contribution in [1.82, 2.24) is 31.5 Å². The Morgan fingerprint density at radius 2 is 1.51 bits per heavy atom. The molecular weight excluding hydrogens is 879 g/mol. The minimum Gasteiger partial charge on any atom is -0.378 e. The lowest BCUT2D eigenvalue weighted by Gasteiger charge is -2.42. The molecule has 4 aromatic carbocycles. The van der Waals surface area contributed by atoms with Crippen molar-refractivity contribution in [2.24, 2.45) is 11.1 Å². The minimum absolute atomic E-state index is 0.00430. The Bertz CT molecular complexity index is 2520. The average molecular weight is 936 g/mol. The van der Waals surface area contributed by atoms with E-state index in [-0.39, 0.29) is 63.4 Å². The second-order valence-electron chi connectivity index (χ2n) is 16.6. The van der Waals surface area contributed by atoms with Crippen LogP contribution in [0.1, 0.15) is 41.5 Å². The fourth-order valence-electron chi connectivity index (χ4n) is 8.23. The first kappa shape index (κ1) is 49.7. The van der Waals surface area contributed by atoms with Gasteiger partial charge in [-0.3, -0.25) is 33.3 Å². The molecule has 0 spiro atoms. The number of hydrogen-bond donors (Lipinski definition) is 7. The maximum absolute atomic E-state index is 14.9. The second-order valence-corrected chi connectivity index (χ2v) is 18.0. The SMILES string of the molecule is NCCOCCNC(=O)[C@@H]1CCNC(=O)/C=C/C(=O)N2CCC[C@](Cc3ccccc3)(C2)C(=O)N[C@@H](Cc2ccc(-c3ccc(S(=O)(=O)O)cc3)cc2)C(=O)NCc2ccccc2CC(=O)N1. The molecule has 0 unspecified atom stereocenters. The molecule has 354 valence electrons. The Morgan fingerprint density at radius 1 is 0.821 bits per heavy atom. The molecule has 4 aromatic rings. The predicted octanol–water partition coefficient (Wildman–Crippen LogP) is 1.99. The Balaban J connectivity index is 1.31. The molecule has 2 heterocycles. The van der Waals surface area contributed by atoms with E-state index in [1.54, 1.807) is 60.7 Å². The van der Waals surface area contributed by atoms with Gasteiger partial charge in [-0.05, 0) is 71.2 Å². The molecule has 6 amide bonds. The smallest absolute Gasteiger partial charge is 0.294 e. The summed E-state index contributed by atoms with van der Waals surface area (Å²) >= 11 is 0. The first-order valence-corrected chi connectivity index (χ1v) is 23.6. The largest absolute Gasteiger partial charge is 0.378 e. The summed E-state index contributed by atoms with van der Waals surface area (Å²) < 4.78 is 38.0. The van der Waals surface area contributed by atoms with Crippen LogP contribution in [0.3, 0.4) is 0 Å². The van der Waals surface area contributed by atoms with Crippen LogP contribution in [0.25, 0.3) is 11.1 Å². The Kier molecular flexibility index (Phi) is 17.5. The molecule has 17 nitrogen and oxygen atoms in total. The molecule has 3 atom stereocenters. The minimum atomic E-state index is -4.37. The van der Waals surface area contributed by atoms with E-state index >= 15 is 0 Å². The average Bonchev–Trinajstić information content (AvgIpc) is 3.32. The lowest BCUT2D eigenvalue weighted by molar-refractivity contribution is -0.141. The highest BCUT2D eigenvalue weighted by molar-refractivity contribution is 7.85. The Morgan fingerprint density at radius 3 is 2.21 bits per heavy atom. The molecule has 67 heavy (non-hydrogen) atoms. The lowest BCUT2D eigenvalue weighted by Crippen LogP contribution is -2.58. The number of hydrogen-bond acceptors (Lipinski definition) is 10. The number of ether oxygens (including phenoxy) is 1. The van der Waals surface area contributed by atoms with Crippen molar-refractivity contribution in [3.05, 3.63) is 138 Å². The number of carbonyl (C=O) groups is 6. The highest BCUT2D eigenvalue weighted by Crippen LogP contribution is 2.35. The zero-order valence-corrected chi connectivity index (χ0v) is 37.9. The number of piperidine rings is 1.